The molecule has 0 aliphatic rings. The number of alkyl halides is 3. The molecule has 0 bridgehead atoms. The van der Waals surface area contributed by atoms with Crippen molar-refractivity contribution in [1.82, 2.24) is 0 Å². The Kier molecular flexibility index (Phi) is 6.74. The molecule has 0 aliphatic carbocycles. The van der Waals surface area contributed by atoms with Crippen molar-refractivity contribution in [3.05, 3.63) is 93.3 Å². The van der Waals surface area contributed by atoms with E-state index in [1.807, 2.05) is 19.9 Å². The van der Waals surface area contributed by atoms with Crippen molar-refractivity contribution in [2.45, 2.75) is 26.9 Å². The number of aryl methyl sites for hydroxylation is 3. The van der Waals surface area contributed by atoms with Gasteiger partial charge in [-0.3, -0.25) is 4.79 Å². The van der Waals surface area contributed by atoms with Gasteiger partial charge in [-0.05, 0) is 73.9 Å². The first-order valence-electron chi connectivity index (χ1n) is 10.8. The van der Waals surface area contributed by atoms with Crippen molar-refractivity contribution in [3.63, 3.8) is 0 Å². The van der Waals surface area contributed by atoms with Gasteiger partial charge < -0.3 is 18.6 Å². The predicted molar refractivity (Wildman–Crippen MR) is 126 cm³/mol. The second-order valence-electron chi connectivity index (χ2n) is 8.25. The number of halogens is 3. The van der Waals surface area contributed by atoms with E-state index in [-0.39, 0.29) is 16.9 Å². The number of rotatable bonds is 6. The summed E-state index contributed by atoms with van der Waals surface area (Å²) in [5.41, 5.74) is 1.22. The fourth-order valence-electron chi connectivity index (χ4n) is 3.62. The van der Waals surface area contributed by atoms with E-state index in [2.05, 4.69) is 0 Å². The lowest BCUT2D eigenvalue weighted by molar-refractivity contribution is -0.154. The quantitative estimate of drug-likeness (QED) is 0.223. The summed E-state index contributed by atoms with van der Waals surface area (Å²) >= 11 is 0. The molecule has 0 radical (unpaired) electrons. The number of carbonyl (C=O) groups is 1. The summed E-state index contributed by atoms with van der Waals surface area (Å²) in [6.45, 7) is 5.07. The average Bonchev–Trinajstić information content (AvgIpc) is 2.78. The summed E-state index contributed by atoms with van der Waals surface area (Å²) in [4.78, 5) is 25.2. The Morgan fingerprint density at radius 3 is 2.22 bits per heavy atom. The smallest absolute Gasteiger partial charge is 0.453 e. The molecule has 0 amide bonds. The molecule has 186 valence electrons. The maximum Gasteiger partial charge on any atom is 0.453 e. The molecule has 3 aromatic carbocycles. The maximum absolute atomic E-state index is 13.8. The first-order valence-corrected chi connectivity index (χ1v) is 10.8. The van der Waals surface area contributed by atoms with Gasteiger partial charge in [-0.2, -0.15) is 13.2 Å². The maximum atomic E-state index is 13.8. The highest BCUT2D eigenvalue weighted by atomic mass is 19.4. The summed E-state index contributed by atoms with van der Waals surface area (Å²) in [7, 11) is 0. The Balaban J connectivity index is 1.61. The van der Waals surface area contributed by atoms with Crippen LogP contribution in [-0.4, -0.2) is 12.6 Å². The normalized spacial score (nSPS) is 11.4. The first-order chi connectivity index (χ1) is 17.0. The van der Waals surface area contributed by atoms with Gasteiger partial charge >= 0.3 is 12.1 Å². The van der Waals surface area contributed by atoms with Gasteiger partial charge in [0.25, 0.3) is 5.76 Å². The highest BCUT2D eigenvalue weighted by Gasteiger charge is 2.40. The highest BCUT2D eigenvalue weighted by molar-refractivity contribution is 5.81. The monoisotopic (exact) mass is 498 g/mol. The molecule has 0 unspecified atom stereocenters. The molecule has 1 heterocycles. The zero-order valence-corrected chi connectivity index (χ0v) is 19.6. The molecular formula is C27H21F3O6. The van der Waals surface area contributed by atoms with Crippen LogP contribution >= 0.6 is 0 Å². The van der Waals surface area contributed by atoms with Crippen molar-refractivity contribution in [2.24, 2.45) is 0 Å². The standard InChI is InChI=1S/C27H21F3O6/c1-15-5-4-6-18(10-15)35-25-24(32)21-8-7-19(13-22(21)36-26(25)27(28,29)30)34-23(31)14-33-20-11-16(2)9-17(3)12-20/h4-13H,14H2,1-3H3. The van der Waals surface area contributed by atoms with Crippen molar-refractivity contribution in [3.8, 4) is 23.0 Å². The van der Waals surface area contributed by atoms with Crippen LogP contribution in [0.3, 0.4) is 0 Å². The molecule has 0 aliphatic heterocycles. The minimum atomic E-state index is -5.01. The summed E-state index contributed by atoms with van der Waals surface area (Å²) in [6.07, 6.45) is -5.01. The third-order valence-electron chi connectivity index (χ3n) is 5.07. The van der Waals surface area contributed by atoms with Crippen molar-refractivity contribution in [1.29, 1.82) is 0 Å². The molecule has 0 atom stereocenters. The van der Waals surface area contributed by atoms with Gasteiger partial charge in [-0.15, -0.1) is 0 Å². The van der Waals surface area contributed by atoms with Crippen LogP contribution in [0.25, 0.3) is 11.0 Å². The van der Waals surface area contributed by atoms with Gasteiger partial charge in [-0.25, -0.2) is 4.79 Å². The highest BCUT2D eigenvalue weighted by Crippen LogP contribution is 2.38. The van der Waals surface area contributed by atoms with Crippen molar-refractivity contribution >= 4 is 16.9 Å². The molecule has 6 nitrogen and oxygen atoms in total. The third-order valence-corrected chi connectivity index (χ3v) is 5.07. The number of esters is 1. The number of hydrogen-bond acceptors (Lipinski definition) is 6. The van der Waals surface area contributed by atoms with Gasteiger partial charge in [0.1, 0.15) is 22.8 Å². The Bertz CT molecular complexity index is 1480. The van der Waals surface area contributed by atoms with Crippen LogP contribution in [0.2, 0.25) is 0 Å². The zero-order chi connectivity index (χ0) is 26.0. The molecule has 0 saturated carbocycles. The molecule has 4 aromatic rings. The van der Waals surface area contributed by atoms with Crippen LogP contribution < -0.4 is 19.6 Å². The largest absolute Gasteiger partial charge is 0.482 e. The fraction of sp³-hybridized carbons (Fsp3) is 0.185. The van der Waals surface area contributed by atoms with Crippen LogP contribution in [0.15, 0.2) is 69.9 Å². The number of ether oxygens (including phenoxy) is 3. The van der Waals surface area contributed by atoms with Crippen LogP contribution in [-0.2, 0) is 11.0 Å². The summed E-state index contributed by atoms with van der Waals surface area (Å²) in [5.74, 6) is -2.94. The van der Waals surface area contributed by atoms with E-state index >= 15 is 0 Å². The second-order valence-corrected chi connectivity index (χ2v) is 8.25. The van der Waals surface area contributed by atoms with Gasteiger partial charge in [0.05, 0.1) is 5.39 Å². The van der Waals surface area contributed by atoms with Gasteiger partial charge in [-0.1, -0.05) is 18.2 Å². The van der Waals surface area contributed by atoms with E-state index < -0.39 is 41.3 Å². The van der Waals surface area contributed by atoms with E-state index in [1.165, 1.54) is 24.3 Å². The summed E-state index contributed by atoms with van der Waals surface area (Å²) < 4.78 is 62.2. The first kappa shape index (κ1) is 24.8. The molecule has 4 rings (SSSR count). The van der Waals surface area contributed by atoms with Gasteiger partial charge in [0.15, 0.2) is 6.61 Å². The molecule has 0 fully saturated rings. The van der Waals surface area contributed by atoms with Crippen LogP contribution in [0, 0.1) is 20.8 Å². The number of hydrogen-bond donors (Lipinski definition) is 0. The molecule has 0 saturated heterocycles. The van der Waals surface area contributed by atoms with Crippen LogP contribution in [0.5, 0.6) is 23.0 Å². The lowest BCUT2D eigenvalue weighted by Gasteiger charge is -2.14. The van der Waals surface area contributed by atoms with E-state index in [9.17, 15) is 22.8 Å². The lowest BCUT2D eigenvalue weighted by atomic mass is 10.1. The minimum absolute atomic E-state index is 0.0569. The Hall–Kier alpha value is -4.27. The molecule has 0 N–H and O–H groups in total. The lowest BCUT2D eigenvalue weighted by Crippen LogP contribution is -2.18. The van der Waals surface area contributed by atoms with Gasteiger partial charge in [0.2, 0.25) is 11.2 Å². The van der Waals surface area contributed by atoms with E-state index in [0.29, 0.717) is 5.75 Å². The number of carbonyl (C=O) groups excluding carboxylic acids is 1. The van der Waals surface area contributed by atoms with Gasteiger partial charge in [0, 0.05) is 6.07 Å². The second kappa shape index (κ2) is 9.77. The molecule has 36 heavy (non-hydrogen) atoms. The Morgan fingerprint density at radius 1 is 0.861 bits per heavy atom. The van der Waals surface area contributed by atoms with Crippen molar-refractivity contribution < 1.29 is 36.6 Å². The third kappa shape index (κ3) is 5.68. The zero-order valence-electron chi connectivity index (χ0n) is 19.6. The molecule has 9 heteroatoms. The van der Waals surface area contributed by atoms with Crippen LogP contribution in [0.1, 0.15) is 22.5 Å². The predicted octanol–water partition coefficient (Wildman–Crippen LogP) is 6.51. The van der Waals surface area contributed by atoms with E-state index in [4.69, 9.17) is 18.6 Å². The average molecular weight is 498 g/mol. The molecule has 1 aromatic heterocycles. The van der Waals surface area contributed by atoms with Crippen molar-refractivity contribution in [2.75, 3.05) is 6.61 Å². The molecular weight excluding hydrogens is 477 g/mol. The van der Waals surface area contributed by atoms with Crippen LogP contribution in [0.4, 0.5) is 13.2 Å². The summed E-state index contributed by atoms with van der Waals surface area (Å²) in [6, 6.07) is 15.2. The molecule has 0 spiro atoms. The number of fused-ring (bicyclic) bond motifs is 1. The number of benzene rings is 3. The SMILES string of the molecule is Cc1cc(C)cc(OCC(=O)Oc2ccc3c(=O)c(Oc4cccc(C)c4)c(C(F)(F)F)oc3c2)c1. The fourth-order valence-corrected chi connectivity index (χ4v) is 3.62. The minimum Gasteiger partial charge on any atom is -0.482 e. The van der Waals surface area contributed by atoms with E-state index in [0.717, 1.165) is 22.8 Å². The Morgan fingerprint density at radius 2 is 1.56 bits per heavy atom. The van der Waals surface area contributed by atoms with E-state index in [1.54, 1.807) is 31.2 Å². The Labute approximate surface area is 203 Å². The topological polar surface area (TPSA) is 75.0 Å². The summed E-state index contributed by atoms with van der Waals surface area (Å²) in [5, 5.41) is -0.170.